The van der Waals surface area contributed by atoms with Gasteiger partial charge in [-0.25, -0.2) is 8.78 Å². The number of carbonyl (C=O) groups excluding carboxylic acids is 1. The lowest BCUT2D eigenvalue weighted by Gasteiger charge is -2.33. The quantitative estimate of drug-likeness (QED) is 0.871. The maximum atomic E-state index is 13.7. The second kappa shape index (κ2) is 6.93. The van der Waals surface area contributed by atoms with Gasteiger partial charge in [0.2, 0.25) is 5.91 Å². The molecule has 0 unspecified atom stereocenters. The van der Waals surface area contributed by atoms with E-state index in [1.54, 1.807) is 0 Å². The lowest BCUT2D eigenvalue weighted by Crippen LogP contribution is -2.44. The molecule has 4 nitrogen and oxygen atoms in total. The van der Waals surface area contributed by atoms with Crippen LogP contribution in [0.25, 0.3) is 0 Å². The van der Waals surface area contributed by atoms with Crippen molar-refractivity contribution in [3.63, 3.8) is 0 Å². The third-order valence-corrected chi connectivity index (χ3v) is 4.55. The van der Waals surface area contributed by atoms with Crippen LogP contribution in [-0.2, 0) is 4.79 Å². The first-order valence-electron chi connectivity index (χ1n) is 8.18. The van der Waals surface area contributed by atoms with Crippen molar-refractivity contribution in [3.05, 3.63) is 35.4 Å². The van der Waals surface area contributed by atoms with Gasteiger partial charge in [0.25, 0.3) is 0 Å². The van der Waals surface area contributed by atoms with E-state index in [4.69, 9.17) is 0 Å². The molecule has 1 saturated carbocycles. The van der Waals surface area contributed by atoms with E-state index in [2.05, 4.69) is 5.32 Å². The van der Waals surface area contributed by atoms with Crippen LogP contribution in [0.1, 0.15) is 37.4 Å². The van der Waals surface area contributed by atoms with Crippen LogP contribution in [0.2, 0.25) is 0 Å². The highest BCUT2D eigenvalue weighted by atomic mass is 19.1. The number of aliphatic hydroxyl groups excluding tert-OH is 1. The summed E-state index contributed by atoms with van der Waals surface area (Å²) in [6, 6.07) is 3.42. The van der Waals surface area contributed by atoms with Crippen molar-refractivity contribution in [1.29, 1.82) is 0 Å². The number of β-amino-alcohol motifs (C(OH)–C–C–N with tert-alkyl or cyclic N) is 1. The smallest absolute Gasteiger partial charge is 0.224 e. The van der Waals surface area contributed by atoms with E-state index in [1.807, 2.05) is 4.90 Å². The Morgan fingerprint density at radius 1 is 1.35 bits per heavy atom. The third kappa shape index (κ3) is 4.26. The zero-order valence-electron chi connectivity index (χ0n) is 13.0. The lowest BCUT2D eigenvalue weighted by molar-refractivity contribution is -0.127. The van der Waals surface area contributed by atoms with Crippen molar-refractivity contribution in [1.82, 2.24) is 10.2 Å². The van der Waals surface area contributed by atoms with Gasteiger partial charge in [0.15, 0.2) is 0 Å². The number of amides is 1. The first-order chi connectivity index (χ1) is 11.0. The fourth-order valence-electron chi connectivity index (χ4n) is 3.09. The summed E-state index contributed by atoms with van der Waals surface area (Å²) in [7, 11) is 0. The SMILES string of the molecule is O=C(NC1CC1)[C@H]1CCCN(C[C@@H](O)c2cc(F)ccc2F)C1. The molecule has 1 amide bonds. The number of piperidine rings is 1. The fraction of sp³-hybridized carbons (Fsp3) is 0.588. The van der Waals surface area contributed by atoms with Crippen molar-refractivity contribution in [2.75, 3.05) is 19.6 Å². The highest BCUT2D eigenvalue weighted by Gasteiger charge is 2.31. The van der Waals surface area contributed by atoms with Crippen LogP contribution in [0.5, 0.6) is 0 Å². The predicted octanol–water partition coefficient (Wildman–Crippen LogP) is 1.99. The minimum Gasteiger partial charge on any atom is -0.387 e. The van der Waals surface area contributed by atoms with Gasteiger partial charge in [0, 0.05) is 24.7 Å². The molecule has 1 heterocycles. The van der Waals surface area contributed by atoms with Gasteiger partial charge < -0.3 is 10.4 Å². The van der Waals surface area contributed by atoms with Gasteiger partial charge in [-0.2, -0.15) is 0 Å². The Hall–Kier alpha value is -1.53. The summed E-state index contributed by atoms with van der Waals surface area (Å²) < 4.78 is 27.0. The van der Waals surface area contributed by atoms with Gasteiger partial charge in [-0.3, -0.25) is 9.69 Å². The Morgan fingerprint density at radius 3 is 2.87 bits per heavy atom. The molecule has 2 N–H and O–H groups in total. The third-order valence-electron chi connectivity index (χ3n) is 4.55. The van der Waals surface area contributed by atoms with Crippen molar-refractivity contribution < 1.29 is 18.7 Å². The Labute approximate surface area is 134 Å². The van der Waals surface area contributed by atoms with Crippen LogP contribution in [0.4, 0.5) is 8.78 Å². The number of carbonyl (C=O) groups is 1. The average molecular weight is 324 g/mol. The monoisotopic (exact) mass is 324 g/mol. The first-order valence-corrected chi connectivity index (χ1v) is 8.18. The summed E-state index contributed by atoms with van der Waals surface area (Å²) >= 11 is 0. The predicted molar refractivity (Wildman–Crippen MR) is 81.6 cm³/mol. The van der Waals surface area contributed by atoms with Gasteiger partial charge in [0.1, 0.15) is 11.6 Å². The summed E-state index contributed by atoms with van der Waals surface area (Å²) in [6.07, 6.45) is 2.70. The van der Waals surface area contributed by atoms with Crippen LogP contribution in [0.3, 0.4) is 0 Å². The van der Waals surface area contributed by atoms with E-state index in [9.17, 15) is 18.7 Å². The second-order valence-corrected chi connectivity index (χ2v) is 6.56. The summed E-state index contributed by atoms with van der Waals surface area (Å²) in [4.78, 5) is 14.1. The van der Waals surface area contributed by atoms with Crippen LogP contribution in [-0.4, -0.2) is 41.6 Å². The largest absolute Gasteiger partial charge is 0.387 e. The zero-order chi connectivity index (χ0) is 16.4. The van der Waals surface area contributed by atoms with E-state index in [-0.39, 0.29) is 23.9 Å². The number of aliphatic hydroxyl groups is 1. The van der Waals surface area contributed by atoms with E-state index in [0.29, 0.717) is 12.6 Å². The zero-order valence-corrected chi connectivity index (χ0v) is 13.0. The molecule has 23 heavy (non-hydrogen) atoms. The van der Waals surface area contributed by atoms with Crippen LogP contribution < -0.4 is 5.32 Å². The van der Waals surface area contributed by atoms with Crippen molar-refractivity contribution in [2.45, 2.75) is 37.8 Å². The van der Waals surface area contributed by atoms with Gasteiger partial charge in [-0.15, -0.1) is 0 Å². The Kier molecular flexibility index (Phi) is 4.92. The number of halogens is 2. The number of nitrogens with zero attached hydrogens (tertiary/aromatic N) is 1. The van der Waals surface area contributed by atoms with Gasteiger partial charge in [0.05, 0.1) is 12.0 Å². The molecule has 3 rings (SSSR count). The molecule has 0 bridgehead atoms. The second-order valence-electron chi connectivity index (χ2n) is 6.56. The number of likely N-dealkylation sites (tertiary alicyclic amines) is 1. The van der Waals surface area contributed by atoms with Crippen molar-refractivity contribution in [2.24, 2.45) is 5.92 Å². The summed E-state index contributed by atoms with van der Waals surface area (Å²) in [5.74, 6) is -1.20. The van der Waals surface area contributed by atoms with Crippen molar-refractivity contribution >= 4 is 5.91 Å². The molecule has 126 valence electrons. The molecule has 0 radical (unpaired) electrons. The van der Waals surface area contributed by atoms with Crippen LogP contribution >= 0.6 is 0 Å². The molecule has 6 heteroatoms. The van der Waals surface area contributed by atoms with Crippen LogP contribution in [0.15, 0.2) is 18.2 Å². The molecule has 1 aromatic carbocycles. The van der Waals surface area contributed by atoms with Crippen molar-refractivity contribution in [3.8, 4) is 0 Å². The standard InChI is InChI=1S/C17H22F2N2O2/c18-12-3-6-15(19)14(8-12)16(22)10-21-7-1-2-11(9-21)17(23)20-13-4-5-13/h3,6,8,11,13,16,22H,1-2,4-5,7,9-10H2,(H,20,23)/t11-,16+/m0/s1. The fourth-order valence-corrected chi connectivity index (χ4v) is 3.09. The highest BCUT2D eigenvalue weighted by Crippen LogP contribution is 2.24. The Morgan fingerprint density at radius 2 is 2.13 bits per heavy atom. The normalized spacial score (nSPS) is 23.5. The summed E-state index contributed by atoms with van der Waals surface area (Å²) in [6.45, 7) is 1.50. The number of rotatable bonds is 5. The number of hydrogen-bond donors (Lipinski definition) is 2. The summed E-state index contributed by atoms with van der Waals surface area (Å²) in [5.41, 5.74) is -0.0328. The maximum Gasteiger partial charge on any atom is 0.224 e. The highest BCUT2D eigenvalue weighted by molar-refractivity contribution is 5.79. The van der Waals surface area contributed by atoms with Crippen LogP contribution in [0, 0.1) is 17.6 Å². The molecular weight excluding hydrogens is 302 g/mol. The minimum atomic E-state index is -1.10. The molecular formula is C17H22F2N2O2. The molecule has 1 saturated heterocycles. The van der Waals surface area contributed by atoms with Gasteiger partial charge >= 0.3 is 0 Å². The molecule has 1 aromatic rings. The number of benzene rings is 1. The maximum absolute atomic E-state index is 13.7. The number of hydrogen-bond acceptors (Lipinski definition) is 3. The minimum absolute atomic E-state index is 0.0328. The van der Waals surface area contributed by atoms with Gasteiger partial charge in [-0.1, -0.05) is 0 Å². The van der Waals surface area contributed by atoms with E-state index in [0.717, 1.165) is 50.4 Å². The Balaban J connectivity index is 1.58. The summed E-state index contributed by atoms with van der Waals surface area (Å²) in [5, 5.41) is 13.2. The molecule has 2 fully saturated rings. The first kappa shape index (κ1) is 16.3. The topological polar surface area (TPSA) is 52.6 Å². The number of nitrogens with one attached hydrogen (secondary N) is 1. The Bertz CT molecular complexity index is 578. The van der Waals surface area contributed by atoms with E-state index < -0.39 is 17.7 Å². The molecule has 2 aliphatic rings. The average Bonchev–Trinajstić information content (AvgIpc) is 3.34. The lowest BCUT2D eigenvalue weighted by atomic mass is 9.96. The molecule has 2 atom stereocenters. The molecule has 0 spiro atoms. The van der Waals surface area contributed by atoms with Gasteiger partial charge in [-0.05, 0) is 50.4 Å². The molecule has 1 aliphatic carbocycles. The van der Waals surface area contributed by atoms with E-state index >= 15 is 0 Å². The van der Waals surface area contributed by atoms with E-state index in [1.165, 1.54) is 0 Å². The molecule has 0 aromatic heterocycles. The molecule has 1 aliphatic heterocycles.